The molecule has 0 unspecified atom stereocenters. The molecule has 0 aromatic heterocycles. The van der Waals surface area contributed by atoms with Crippen molar-refractivity contribution in [3.05, 3.63) is 0 Å². The van der Waals surface area contributed by atoms with Gasteiger partial charge < -0.3 is 20.2 Å². The Morgan fingerprint density at radius 1 is 1.17 bits per heavy atom. The number of aliphatic carboxylic acids is 1. The van der Waals surface area contributed by atoms with Crippen LogP contribution >= 0.6 is 0 Å². The Morgan fingerprint density at radius 3 is 2.28 bits per heavy atom. The number of nitrogens with zero attached hydrogens (tertiary/aromatic N) is 2. The van der Waals surface area contributed by atoms with E-state index in [0.29, 0.717) is 6.54 Å². The molecule has 6 nitrogen and oxygen atoms in total. The summed E-state index contributed by atoms with van der Waals surface area (Å²) < 4.78 is 0. The molecule has 0 atom stereocenters. The lowest BCUT2D eigenvalue weighted by molar-refractivity contribution is -0.137. The Balaban J connectivity index is 3.66. The predicted molar refractivity (Wildman–Crippen MR) is 70.7 cm³/mol. The number of urea groups is 1. The van der Waals surface area contributed by atoms with Crippen LogP contribution in [0.1, 0.15) is 26.7 Å². The normalized spacial score (nSPS) is 10.4. The Labute approximate surface area is 109 Å². The monoisotopic (exact) mass is 259 g/mol. The summed E-state index contributed by atoms with van der Waals surface area (Å²) in [6, 6.07) is -0.212. The summed E-state index contributed by atoms with van der Waals surface area (Å²) in [6.45, 7) is 8.07. The van der Waals surface area contributed by atoms with E-state index < -0.39 is 5.97 Å². The Hall–Kier alpha value is -1.30. The van der Waals surface area contributed by atoms with Gasteiger partial charge in [0, 0.05) is 20.1 Å². The van der Waals surface area contributed by atoms with Gasteiger partial charge in [-0.1, -0.05) is 13.8 Å². The van der Waals surface area contributed by atoms with Crippen LogP contribution in [0.3, 0.4) is 0 Å². The van der Waals surface area contributed by atoms with Gasteiger partial charge in [-0.25, -0.2) is 4.79 Å². The van der Waals surface area contributed by atoms with E-state index in [-0.39, 0.29) is 19.0 Å². The molecule has 2 amide bonds. The van der Waals surface area contributed by atoms with E-state index in [1.54, 1.807) is 7.05 Å². The maximum Gasteiger partial charge on any atom is 0.317 e. The molecule has 0 aliphatic heterocycles. The molecule has 0 aromatic rings. The Morgan fingerprint density at radius 2 is 1.78 bits per heavy atom. The number of hydrogen-bond acceptors (Lipinski definition) is 3. The largest absolute Gasteiger partial charge is 0.481 e. The summed E-state index contributed by atoms with van der Waals surface area (Å²) in [5, 5.41) is 11.3. The number of nitrogens with one attached hydrogen (secondary N) is 1. The number of carboxylic acid groups (broad SMARTS) is 1. The number of rotatable bonds is 9. The van der Waals surface area contributed by atoms with Crippen molar-refractivity contribution >= 4 is 12.0 Å². The lowest BCUT2D eigenvalue weighted by Gasteiger charge is -2.19. The van der Waals surface area contributed by atoms with E-state index in [1.807, 2.05) is 0 Å². The van der Waals surface area contributed by atoms with Crippen molar-refractivity contribution in [3.8, 4) is 0 Å². The second kappa shape index (κ2) is 9.70. The average Bonchev–Trinajstić information content (AvgIpc) is 2.35. The van der Waals surface area contributed by atoms with Gasteiger partial charge in [0.2, 0.25) is 0 Å². The van der Waals surface area contributed by atoms with E-state index in [9.17, 15) is 9.59 Å². The molecular formula is C12H25N3O3. The van der Waals surface area contributed by atoms with Gasteiger partial charge >= 0.3 is 12.0 Å². The first-order valence-corrected chi connectivity index (χ1v) is 6.44. The summed E-state index contributed by atoms with van der Waals surface area (Å²) in [4.78, 5) is 25.6. The zero-order valence-electron chi connectivity index (χ0n) is 11.6. The van der Waals surface area contributed by atoms with Crippen molar-refractivity contribution in [1.29, 1.82) is 0 Å². The first kappa shape index (κ1) is 16.7. The molecule has 0 aliphatic carbocycles. The molecule has 0 bridgehead atoms. The molecule has 0 spiro atoms. The summed E-state index contributed by atoms with van der Waals surface area (Å²) >= 11 is 0. The second-order valence-electron chi connectivity index (χ2n) is 4.18. The van der Waals surface area contributed by atoms with Crippen molar-refractivity contribution in [2.45, 2.75) is 26.7 Å². The number of carbonyl (C=O) groups is 2. The van der Waals surface area contributed by atoms with Crippen LogP contribution in [0.2, 0.25) is 0 Å². The molecule has 0 aliphatic rings. The Kier molecular flexibility index (Phi) is 9.00. The molecule has 18 heavy (non-hydrogen) atoms. The quantitative estimate of drug-likeness (QED) is 0.602. The van der Waals surface area contributed by atoms with Crippen molar-refractivity contribution in [3.63, 3.8) is 0 Å². The maximum absolute atomic E-state index is 11.5. The second-order valence-corrected chi connectivity index (χ2v) is 4.18. The van der Waals surface area contributed by atoms with Crippen molar-refractivity contribution in [1.82, 2.24) is 15.1 Å². The lowest BCUT2D eigenvalue weighted by atomic mass is 10.3. The fourth-order valence-electron chi connectivity index (χ4n) is 1.54. The van der Waals surface area contributed by atoms with E-state index in [2.05, 4.69) is 24.1 Å². The van der Waals surface area contributed by atoms with Gasteiger partial charge in [-0.05, 0) is 26.1 Å². The van der Waals surface area contributed by atoms with E-state index >= 15 is 0 Å². The standard InChI is InChI=1S/C12H25N3O3/c1-4-15(5-2)9-6-8-13-12(18)14(3)10-7-11(16)17/h4-10H2,1-3H3,(H,13,18)(H,16,17). The molecule has 2 N–H and O–H groups in total. The van der Waals surface area contributed by atoms with Crippen LogP contribution in [0.25, 0.3) is 0 Å². The van der Waals surface area contributed by atoms with Gasteiger partial charge in [-0.3, -0.25) is 4.79 Å². The summed E-state index contributed by atoms with van der Waals surface area (Å²) in [7, 11) is 1.60. The van der Waals surface area contributed by atoms with Crippen LogP contribution in [0.4, 0.5) is 4.79 Å². The SMILES string of the molecule is CCN(CC)CCCNC(=O)N(C)CCC(=O)O. The molecule has 0 saturated carbocycles. The van der Waals surface area contributed by atoms with Crippen LogP contribution in [0.15, 0.2) is 0 Å². The third-order valence-electron chi connectivity index (χ3n) is 2.83. The van der Waals surface area contributed by atoms with Crippen LogP contribution in [-0.4, -0.2) is 66.7 Å². The zero-order chi connectivity index (χ0) is 14.0. The molecule has 0 aromatic carbocycles. The highest BCUT2D eigenvalue weighted by molar-refractivity contribution is 5.74. The average molecular weight is 259 g/mol. The third-order valence-corrected chi connectivity index (χ3v) is 2.83. The highest BCUT2D eigenvalue weighted by atomic mass is 16.4. The number of amides is 2. The molecule has 0 heterocycles. The zero-order valence-corrected chi connectivity index (χ0v) is 11.6. The van der Waals surface area contributed by atoms with E-state index in [0.717, 1.165) is 26.1 Å². The fourth-order valence-corrected chi connectivity index (χ4v) is 1.54. The molecular weight excluding hydrogens is 234 g/mol. The van der Waals surface area contributed by atoms with Crippen molar-refractivity contribution in [2.24, 2.45) is 0 Å². The maximum atomic E-state index is 11.5. The van der Waals surface area contributed by atoms with Gasteiger partial charge in [0.05, 0.1) is 6.42 Å². The third kappa shape index (κ3) is 7.89. The Bertz CT molecular complexity index is 255. The van der Waals surface area contributed by atoms with Gasteiger partial charge in [0.15, 0.2) is 0 Å². The summed E-state index contributed by atoms with van der Waals surface area (Å²) in [6.07, 6.45) is 0.879. The van der Waals surface area contributed by atoms with Crippen molar-refractivity contribution < 1.29 is 14.7 Å². The number of carbonyl (C=O) groups excluding carboxylic acids is 1. The van der Waals surface area contributed by atoms with E-state index in [1.165, 1.54) is 4.90 Å². The minimum absolute atomic E-state index is 0.0244. The lowest BCUT2D eigenvalue weighted by Crippen LogP contribution is -2.39. The van der Waals surface area contributed by atoms with E-state index in [4.69, 9.17) is 5.11 Å². The first-order chi connectivity index (χ1) is 8.51. The van der Waals surface area contributed by atoms with Crippen LogP contribution in [0, 0.1) is 0 Å². The first-order valence-electron chi connectivity index (χ1n) is 6.44. The molecule has 0 saturated heterocycles. The van der Waals surface area contributed by atoms with Gasteiger partial charge in [-0.2, -0.15) is 0 Å². The van der Waals surface area contributed by atoms with Crippen molar-refractivity contribution in [2.75, 3.05) is 39.8 Å². The minimum Gasteiger partial charge on any atom is -0.481 e. The van der Waals surface area contributed by atoms with Crippen LogP contribution in [0.5, 0.6) is 0 Å². The molecule has 0 rings (SSSR count). The molecule has 0 radical (unpaired) electrons. The topological polar surface area (TPSA) is 72.9 Å². The molecule has 0 fully saturated rings. The number of hydrogen-bond donors (Lipinski definition) is 2. The summed E-state index contributed by atoms with van der Waals surface area (Å²) in [5.41, 5.74) is 0. The number of carboxylic acids is 1. The van der Waals surface area contributed by atoms with Crippen LogP contribution < -0.4 is 5.32 Å². The predicted octanol–water partition coefficient (Wildman–Crippen LogP) is 0.834. The molecule has 6 heteroatoms. The highest BCUT2D eigenvalue weighted by Crippen LogP contribution is 1.91. The van der Waals surface area contributed by atoms with Crippen LogP contribution in [-0.2, 0) is 4.79 Å². The van der Waals surface area contributed by atoms with Gasteiger partial charge in [0.1, 0.15) is 0 Å². The van der Waals surface area contributed by atoms with Gasteiger partial charge in [0.25, 0.3) is 0 Å². The smallest absolute Gasteiger partial charge is 0.317 e. The van der Waals surface area contributed by atoms with Gasteiger partial charge in [-0.15, -0.1) is 0 Å². The fraction of sp³-hybridized carbons (Fsp3) is 0.833. The minimum atomic E-state index is -0.892. The summed E-state index contributed by atoms with van der Waals surface area (Å²) in [5.74, 6) is -0.892. The molecule has 106 valence electrons. The highest BCUT2D eigenvalue weighted by Gasteiger charge is 2.09.